The quantitative estimate of drug-likeness (QED) is 0.303. The van der Waals surface area contributed by atoms with E-state index in [1.54, 1.807) is 30.3 Å². The molecule has 0 heterocycles. The van der Waals surface area contributed by atoms with Crippen LogP contribution in [0.4, 0.5) is 13.2 Å². The number of halogens is 3. The van der Waals surface area contributed by atoms with E-state index in [1.807, 2.05) is 31.2 Å². The second-order valence-electron chi connectivity index (χ2n) is 9.43. The van der Waals surface area contributed by atoms with Gasteiger partial charge in [-0.25, -0.2) is 0 Å². The second kappa shape index (κ2) is 9.59. The molecule has 2 unspecified atom stereocenters. The smallest absolute Gasteiger partial charge is 0.170 e. The number of aryl methyl sites for hydroxylation is 1. The second-order valence-corrected chi connectivity index (χ2v) is 9.43. The molecule has 3 aromatic carbocycles. The molecule has 0 radical (unpaired) electrons. The molecule has 0 nitrogen and oxygen atoms in total. The van der Waals surface area contributed by atoms with E-state index in [4.69, 9.17) is 0 Å². The Morgan fingerprint density at radius 2 is 1.55 bits per heavy atom. The number of allylic oxidation sites excluding steroid dienone is 2. The topological polar surface area (TPSA) is 0 Å². The molecule has 1 aliphatic rings. The van der Waals surface area contributed by atoms with Crippen molar-refractivity contribution in [2.75, 3.05) is 0 Å². The van der Waals surface area contributed by atoms with Gasteiger partial charge in [-0.3, -0.25) is 0 Å². The summed E-state index contributed by atoms with van der Waals surface area (Å²) >= 11 is 0. The Morgan fingerprint density at radius 3 is 2.15 bits per heavy atom. The average Bonchev–Trinajstić information content (AvgIpc) is 3.51. The largest absolute Gasteiger partial charge is 0.396 e. The lowest BCUT2D eigenvalue weighted by Gasteiger charge is -2.21. The Morgan fingerprint density at radius 1 is 0.909 bits per heavy atom. The fourth-order valence-electron chi connectivity index (χ4n) is 4.87. The molecule has 33 heavy (non-hydrogen) atoms. The lowest BCUT2D eigenvalue weighted by atomic mass is 9.89. The third kappa shape index (κ3) is 5.40. The van der Waals surface area contributed by atoms with E-state index in [0.29, 0.717) is 11.5 Å². The van der Waals surface area contributed by atoms with Crippen molar-refractivity contribution in [2.45, 2.75) is 63.0 Å². The molecule has 0 aliphatic heterocycles. The van der Waals surface area contributed by atoms with Crippen LogP contribution in [-0.2, 0) is 18.3 Å². The fraction of sp³-hybridized carbons (Fsp3) is 0.333. The molecule has 0 saturated heterocycles. The van der Waals surface area contributed by atoms with E-state index in [-0.39, 0.29) is 11.8 Å². The molecule has 1 aliphatic carbocycles. The van der Waals surface area contributed by atoms with E-state index >= 15 is 0 Å². The van der Waals surface area contributed by atoms with Crippen LogP contribution in [0.15, 0.2) is 91.0 Å². The van der Waals surface area contributed by atoms with E-state index in [2.05, 4.69) is 43.3 Å². The number of benzene rings is 3. The molecular formula is C30H31F3. The minimum Gasteiger partial charge on any atom is -0.170 e. The van der Waals surface area contributed by atoms with Crippen molar-refractivity contribution in [3.8, 4) is 0 Å². The van der Waals surface area contributed by atoms with Gasteiger partial charge in [-0.15, -0.1) is 0 Å². The molecule has 1 fully saturated rings. The molecule has 0 amide bonds. The lowest BCUT2D eigenvalue weighted by Crippen LogP contribution is -2.23. The Bertz CT molecular complexity index is 1060. The van der Waals surface area contributed by atoms with Gasteiger partial charge in [0.25, 0.3) is 0 Å². The third-order valence-electron chi connectivity index (χ3n) is 7.10. The Balaban J connectivity index is 1.43. The predicted octanol–water partition coefficient (Wildman–Crippen LogP) is 8.53. The summed E-state index contributed by atoms with van der Waals surface area (Å²) in [6.45, 7) is 4.33. The van der Waals surface area contributed by atoms with Crippen LogP contribution >= 0.6 is 0 Å². The van der Waals surface area contributed by atoms with Gasteiger partial charge in [0.05, 0.1) is 5.92 Å². The van der Waals surface area contributed by atoms with E-state index in [9.17, 15) is 13.2 Å². The highest BCUT2D eigenvalue weighted by Gasteiger charge is 2.51. The summed E-state index contributed by atoms with van der Waals surface area (Å²) in [4.78, 5) is 0. The summed E-state index contributed by atoms with van der Waals surface area (Å²) in [5.74, 6) is -1.07. The summed E-state index contributed by atoms with van der Waals surface area (Å²) in [5, 5.41) is 0. The van der Waals surface area contributed by atoms with Gasteiger partial charge >= 0.3 is 6.18 Å². The van der Waals surface area contributed by atoms with Gasteiger partial charge in [-0.1, -0.05) is 97.9 Å². The van der Waals surface area contributed by atoms with Crippen molar-refractivity contribution < 1.29 is 13.2 Å². The molecule has 0 N–H and O–H groups in total. The van der Waals surface area contributed by atoms with Gasteiger partial charge in [-0.2, -0.15) is 13.2 Å². The van der Waals surface area contributed by atoms with Gasteiger partial charge < -0.3 is 0 Å². The summed E-state index contributed by atoms with van der Waals surface area (Å²) in [6, 6.07) is 24.9. The van der Waals surface area contributed by atoms with Crippen molar-refractivity contribution in [3.63, 3.8) is 0 Å². The zero-order chi connectivity index (χ0) is 23.5. The highest BCUT2D eigenvalue weighted by atomic mass is 19.4. The molecule has 0 aromatic heterocycles. The molecule has 4 rings (SSSR count). The normalized spacial score (nSPS) is 21.3. The van der Waals surface area contributed by atoms with Crippen LogP contribution in [0.25, 0.3) is 0 Å². The predicted molar refractivity (Wildman–Crippen MR) is 130 cm³/mol. The van der Waals surface area contributed by atoms with Gasteiger partial charge in [-0.05, 0) is 71.8 Å². The van der Waals surface area contributed by atoms with Crippen molar-refractivity contribution in [1.29, 1.82) is 0 Å². The Labute approximate surface area is 195 Å². The lowest BCUT2D eigenvalue weighted by molar-refractivity contribution is -0.150. The Kier molecular flexibility index (Phi) is 6.78. The Hall–Kier alpha value is -2.81. The van der Waals surface area contributed by atoms with Crippen LogP contribution in [0.3, 0.4) is 0 Å². The van der Waals surface area contributed by atoms with Crippen LogP contribution in [0, 0.1) is 0 Å². The highest BCUT2D eigenvalue weighted by Crippen LogP contribution is 2.60. The van der Waals surface area contributed by atoms with Crippen molar-refractivity contribution in [1.82, 2.24) is 0 Å². The first-order chi connectivity index (χ1) is 15.8. The van der Waals surface area contributed by atoms with Gasteiger partial charge in [0.2, 0.25) is 0 Å². The zero-order valence-electron chi connectivity index (χ0n) is 19.3. The standard InChI is InChI=1S/C30H31F3/c1-3-4-6-9-22-14-18-26(19-15-22)29(2)21-28(29)25-16-12-23(13-17-25)20-27(30(31,32)33)24-10-7-5-8-11-24/h3-5,7-8,10-19,27-28H,6,9,20-21H2,1-2H3/b4-3+/t27-,28?,29?/m0/s1. The maximum Gasteiger partial charge on any atom is 0.396 e. The van der Waals surface area contributed by atoms with E-state index in [1.165, 1.54) is 16.7 Å². The van der Waals surface area contributed by atoms with E-state index in [0.717, 1.165) is 24.8 Å². The number of hydrogen-bond acceptors (Lipinski definition) is 0. The highest BCUT2D eigenvalue weighted by molar-refractivity contribution is 5.43. The SMILES string of the molecule is C/C=C/CCc1ccc(C2(C)CC2c2ccc(C[C@@H](c3ccccc3)C(F)(F)F)cc2)cc1. The average molecular weight is 449 g/mol. The number of alkyl halides is 3. The van der Waals surface area contributed by atoms with Crippen molar-refractivity contribution in [3.05, 3.63) is 119 Å². The zero-order valence-corrected chi connectivity index (χ0v) is 19.3. The number of rotatable bonds is 8. The van der Waals surface area contributed by atoms with Gasteiger partial charge in [0.15, 0.2) is 0 Å². The molecule has 3 heteroatoms. The van der Waals surface area contributed by atoms with Crippen molar-refractivity contribution in [2.24, 2.45) is 0 Å². The molecule has 172 valence electrons. The maximum atomic E-state index is 13.7. The summed E-state index contributed by atoms with van der Waals surface area (Å²) in [7, 11) is 0. The monoisotopic (exact) mass is 448 g/mol. The minimum atomic E-state index is -4.27. The van der Waals surface area contributed by atoms with Gasteiger partial charge in [0.1, 0.15) is 0 Å². The van der Waals surface area contributed by atoms with Crippen LogP contribution in [-0.4, -0.2) is 6.18 Å². The molecule has 0 bridgehead atoms. The molecular weight excluding hydrogens is 417 g/mol. The molecule has 0 spiro atoms. The van der Waals surface area contributed by atoms with Crippen molar-refractivity contribution >= 4 is 0 Å². The van der Waals surface area contributed by atoms with Crippen LogP contribution in [0.5, 0.6) is 0 Å². The first kappa shape index (κ1) is 23.4. The van der Waals surface area contributed by atoms with Crippen LogP contribution in [0.2, 0.25) is 0 Å². The van der Waals surface area contributed by atoms with Gasteiger partial charge in [0, 0.05) is 0 Å². The molecule has 1 saturated carbocycles. The number of hydrogen-bond donors (Lipinski definition) is 0. The molecule has 3 atom stereocenters. The first-order valence-corrected chi connectivity index (χ1v) is 11.7. The van der Waals surface area contributed by atoms with Crippen LogP contribution in [0.1, 0.15) is 66.3 Å². The fourth-order valence-corrected chi connectivity index (χ4v) is 4.87. The van der Waals surface area contributed by atoms with E-state index < -0.39 is 12.1 Å². The summed E-state index contributed by atoms with van der Waals surface area (Å²) in [6.07, 6.45) is 3.14. The summed E-state index contributed by atoms with van der Waals surface area (Å²) in [5.41, 5.74) is 5.03. The minimum absolute atomic E-state index is 0.0373. The maximum absolute atomic E-state index is 13.7. The summed E-state index contributed by atoms with van der Waals surface area (Å²) < 4.78 is 41.1. The molecule has 3 aromatic rings. The first-order valence-electron chi connectivity index (χ1n) is 11.7. The third-order valence-corrected chi connectivity index (χ3v) is 7.10. The van der Waals surface area contributed by atoms with Crippen LogP contribution < -0.4 is 0 Å².